The highest BCUT2D eigenvalue weighted by atomic mass is 16.5. The zero-order valence-electron chi connectivity index (χ0n) is 10.8. The van der Waals surface area contributed by atoms with Crippen molar-refractivity contribution < 1.29 is 14.6 Å². The molecule has 6 nitrogen and oxygen atoms in total. The van der Waals surface area contributed by atoms with Gasteiger partial charge in [0.05, 0.1) is 17.4 Å². The van der Waals surface area contributed by atoms with Crippen LogP contribution in [0.5, 0.6) is 0 Å². The van der Waals surface area contributed by atoms with Crippen molar-refractivity contribution in [3.05, 3.63) is 17.5 Å². The van der Waals surface area contributed by atoms with Gasteiger partial charge in [0.1, 0.15) is 0 Å². The summed E-state index contributed by atoms with van der Waals surface area (Å²) in [4.78, 5) is 12.0. The minimum atomic E-state index is -0.843. The van der Waals surface area contributed by atoms with Gasteiger partial charge in [-0.2, -0.15) is 5.10 Å². The van der Waals surface area contributed by atoms with E-state index in [0.717, 1.165) is 5.69 Å². The number of hydrogen-bond acceptors (Lipinski definition) is 4. The summed E-state index contributed by atoms with van der Waals surface area (Å²) in [5, 5.41) is 17.0. The molecule has 100 valence electrons. The molecule has 2 rings (SSSR count). The number of hydrogen-bond donors (Lipinski definition) is 2. The van der Waals surface area contributed by atoms with Crippen LogP contribution in [0.2, 0.25) is 0 Å². The number of aryl methyl sites for hydroxylation is 1. The lowest BCUT2D eigenvalue weighted by Gasteiger charge is -2.32. The predicted octanol–water partition coefficient (Wildman–Crippen LogP) is -0.000180. The van der Waals surface area contributed by atoms with Crippen LogP contribution in [-0.2, 0) is 11.8 Å². The van der Waals surface area contributed by atoms with Crippen LogP contribution in [0, 0.1) is 6.92 Å². The number of rotatable bonds is 3. The maximum Gasteiger partial charge on any atom is 0.254 e. The van der Waals surface area contributed by atoms with E-state index in [2.05, 4.69) is 10.4 Å². The summed E-state index contributed by atoms with van der Waals surface area (Å²) in [6, 6.07) is 0. The highest BCUT2D eigenvalue weighted by Gasteiger charge is 2.30. The molecule has 1 aromatic rings. The molecule has 1 fully saturated rings. The van der Waals surface area contributed by atoms with Crippen molar-refractivity contribution in [3.8, 4) is 0 Å². The third-order valence-electron chi connectivity index (χ3n) is 3.48. The fourth-order valence-electron chi connectivity index (χ4n) is 1.99. The lowest BCUT2D eigenvalue weighted by Crippen LogP contribution is -2.46. The molecule has 1 saturated heterocycles. The Hall–Kier alpha value is -1.40. The average Bonchev–Trinajstić information content (AvgIpc) is 2.68. The second-order valence-electron chi connectivity index (χ2n) is 4.79. The van der Waals surface area contributed by atoms with Gasteiger partial charge in [-0.05, 0) is 6.92 Å². The van der Waals surface area contributed by atoms with E-state index >= 15 is 0 Å². The maximum atomic E-state index is 12.0. The van der Waals surface area contributed by atoms with Gasteiger partial charge in [-0.25, -0.2) is 0 Å². The third-order valence-corrected chi connectivity index (χ3v) is 3.48. The lowest BCUT2D eigenvalue weighted by atomic mass is 9.94. The van der Waals surface area contributed by atoms with E-state index in [1.165, 1.54) is 0 Å². The van der Waals surface area contributed by atoms with Crippen molar-refractivity contribution in [3.63, 3.8) is 0 Å². The summed E-state index contributed by atoms with van der Waals surface area (Å²) in [6.45, 7) is 3.17. The molecule has 0 spiro atoms. The van der Waals surface area contributed by atoms with Gasteiger partial charge in [-0.15, -0.1) is 0 Å². The number of ether oxygens (including phenoxy) is 1. The highest BCUT2D eigenvalue weighted by Crippen LogP contribution is 2.19. The van der Waals surface area contributed by atoms with Crippen LogP contribution >= 0.6 is 0 Å². The topological polar surface area (TPSA) is 76.4 Å². The zero-order valence-corrected chi connectivity index (χ0v) is 10.8. The molecule has 1 aromatic heterocycles. The van der Waals surface area contributed by atoms with Crippen LogP contribution < -0.4 is 5.32 Å². The van der Waals surface area contributed by atoms with E-state index < -0.39 is 5.60 Å². The molecule has 0 atom stereocenters. The lowest BCUT2D eigenvalue weighted by molar-refractivity contribution is -0.0605. The summed E-state index contributed by atoms with van der Waals surface area (Å²) in [5.74, 6) is -0.194. The number of carbonyl (C=O) groups is 1. The Labute approximate surface area is 106 Å². The molecule has 0 radical (unpaired) electrons. The molecule has 0 saturated carbocycles. The first-order valence-corrected chi connectivity index (χ1v) is 6.09. The van der Waals surface area contributed by atoms with Crippen molar-refractivity contribution in [2.45, 2.75) is 25.4 Å². The minimum Gasteiger partial charge on any atom is -0.388 e. The first-order chi connectivity index (χ1) is 8.52. The van der Waals surface area contributed by atoms with Gasteiger partial charge in [0.15, 0.2) is 0 Å². The molecule has 18 heavy (non-hydrogen) atoms. The molecule has 0 aliphatic carbocycles. The van der Waals surface area contributed by atoms with Crippen LogP contribution in [0.3, 0.4) is 0 Å². The van der Waals surface area contributed by atoms with Gasteiger partial charge in [-0.1, -0.05) is 0 Å². The summed E-state index contributed by atoms with van der Waals surface area (Å²) in [7, 11) is 1.79. The Morgan fingerprint density at radius 3 is 2.83 bits per heavy atom. The van der Waals surface area contributed by atoms with Crippen molar-refractivity contribution in [2.24, 2.45) is 7.05 Å². The van der Waals surface area contributed by atoms with Gasteiger partial charge < -0.3 is 15.2 Å². The van der Waals surface area contributed by atoms with Crippen molar-refractivity contribution in [1.29, 1.82) is 0 Å². The quantitative estimate of drug-likeness (QED) is 0.795. The smallest absolute Gasteiger partial charge is 0.254 e. The summed E-state index contributed by atoms with van der Waals surface area (Å²) in [5.41, 5.74) is 0.518. The maximum absolute atomic E-state index is 12.0. The van der Waals surface area contributed by atoms with Gasteiger partial charge in [0.25, 0.3) is 5.91 Å². The number of carbonyl (C=O) groups excluding carboxylic acids is 1. The van der Waals surface area contributed by atoms with Crippen molar-refractivity contribution in [1.82, 2.24) is 15.1 Å². The molecule has 2 N–H and O–H groups in total. The second kappa shape index (κ2) is 5.07. The standard InChI is InChI=1S/C12H19N3O3/c1-9-10(7-14-15(9)2)11(16)13-8-12(17)3-5-18-6-4-12/h7,17H,3-6,8H2,1-2H3,(H,13,16). The summed E-state index contributed by atoms with van der Waals surface area (Å²) in [6.07, 6.45) is 2.65. The Kier molecular flexibility index (Phi) is 3.68. The number of amides is 1. The summed E-state index contributed by atoms with van der Waals surface area (Å²) < 4.78 is 6.84. The first kappa shape index (κ1) is 13.0. The molecule has 1 aliphatic rings. The van der Waals surface area contributed by atoms with Crippen molar-refractivity contribution >= 4 is 5.91 Å². The Morgan fingerprint density at radius 2 is 2.28 bits per heavy atom. The van der Waals surface area contributed by atoms with Gasteiger partial charge in [0.2, 0.25) is 0 Å². The number of aromatic nitrogens is 2. The molecular formula is C12H19N3O3. The zero-order chi connectivity index (χ0) is 13.2. The van der Waals surface area contributed by atoms with E-state index in [0.29, 0.717) is 31.6 Å². The average molecular weight is 253 g/mol. The molecule has 0 unspecified atom stereocenters. The van der Waals surface area contributed by atoms with Crippen LogP contribution in [0.4, 0.5) is 0 Å². The SMILES string of the molecule is Cc1c(C(=O)NCC2(O)CCOCC2)cnn1C. The fourth-order valence-corrected chi connectivity index (χ4v) is 1.99. The number of nitrogens with zero attached hydrogens (tertiary/aromatic N) is 2. The second-order valence-corrected chi connectivity index (χ2v) is 4.79. The monoisotopic (exact) mass is 253 g/mol. The largest absolute Gasteiger partial charge is 0.388 e. The van der Waals surface area contributed by atoms with E-state index in [4.69, 9.17) is 4.74 Å². The van der Waals surface area contributed by atoms with E-state index in [-0.39, 0.29) is 12.5 Å². The van der Waals surface area contributed by atoms with Crippen LogP contribution in [0.1, 0.15) is 28.9 Å². The predicted molar refractivity (Wildman–Crippen MR) is 65.3 cm³/mol. The van der Waals surface area contributed by atoms with Crippen molar-refractivity contribution in [2.75, 3.05) is 19.8 Å². The Balaban J connectivity index is 1.94. The van der Waals surface area contributed by atoms with Crippen LogP contribution in [-0.4, -0.2) is 46.2 Å². The van der Waals surface area contributed by atoms with Crippen LogP contribution in [0.25, 0.3) is 0 Å². The molecule has 1 amide bonds. The minimum absolute atomic E-state index is 0.194. The van der Waals surface area contributed by atoms with Gasteiger partial charge >= 0.3 is 0 Å². The Bertz CT molecular complexity index is 436. The van der Waals surface area contributed by atoms with Gasteiger partial charge in [-0.3, -0.25) is 9.48 Å². The fraction of sp³-hybridized carbons (Fsp3) is 0.667. The molecule has 2 heterocycles. The third kappa shape index (κ3) is 2.70. The Morgan fingerprint density at radius 1 is 1.61 bits per heavy atom. The normalized spacial score (nSPS) is 18.6. The van der Waals surface area contributed by atoms with E-state index in [1.807, 2.05) is 6.92 Å². The summed E-state index contributed by atoms with van der Waals surface area (Å²) >= 11 is 0. The molecule has 6 heteroatoms. The number of aliphatic hydroxyl groups is 1. The molecule has 0 aromatic carbocycles. The van der Waals surface area contributed by atoms with Gasteiger partial charge in [0, 0.05) is 45.3 Å². The van der Waals surface area contributed by atoms with E-state index in [1.54, 1.807) is 17.9 Å². The highest BCUT2D eigenvalue weighted by molar-refractivity contribution is 5.95. The molecule has 0 bridgehead atoms. The number of nitrogens with one attached hydrogen (secondary N) is 1. The van der Waals surface area contributed by atoms with Crippen LogP contribution in [0.15, 0.2) is 6.20 Å². The van der Waals surface area contributed by atoms with E-state index in [9.17, 15) is 9.90 Å². The molecule has 1 aliphatic heterocycles. The first-order valence-electron chi connectivity index (χ1n) is 6.09. The molecular weight excluding hydrogens is 234 g/mol.